The van der Waals surface area contributed by atoms with Crippen LogP contribution in [0.4, 0.5) is 5.69 Å². The maximum Gasteiger partial charge on any atom is 0.257 e. The van der Waals surface area contributed by atoms with E-state index in [0.29, 0.717) is 28.5 Å². The molecule has 1 aliphatic heterocycles. The third-order valence-corrected chi connectivity index (χ3v) is 7.30. The molecule has 3 N–H and O–H groups in total. The van der Waals surface area contributed by atoms with Crippen LogP contribution >= 0.6 is 23.2 Å². The minimum Gasteiger partial charge on any atom is -0.363 e. The van der Waals surface area contributed by atoms with E-state index in [9.17, 15) is 9.59 Å². The largest absolute Gasteiger partial charge is 0.363 e. The highest BCUT2D eigenvalue weighted by molar-refractivity contribution is 6.34. The number of aromatic nitrogens is 2. The number of carbonyl (C=O) groups is 2. The van der Waals surface area contributed by atoms with Crippen LogP contribution in [0, 0.1) is 0 Å². The van der Waals surface area contributed by atoms with E-state index in [0.717, 1.165) is 29.6 Å². The Bertz CT molecular complexity index is 1470. The second-order valence-electron chi connectivity index (χ2n) is 9.50. The van der Waals surface area contributed by atoms with Crippen LogP contribution in [0.1, 0.15) is 59.3 Å². The summed E-state index contributed by atoms with van der Waals surface area (Å²) >= 11 is 12.6. The molecule has 0 radical (unpaired) electrons. The van der Waals surface area contributed by atoms with E-state index in [2.05, 4.69) is 20.6 Å². The first-order chi connectivity index (χ1) is 17.7. The molecule has 5 rings (SSSR count). The van der Waals surface area contributed by atoms with Crippen LogP contribution in [0.3, 0.4) is 0 Å². The van der Waals surface area contributed by atoms with Crippen molar-refractivity contribution in [3.8, 4) is 0 Å². The fourth-order valence-electron chi connectivity index (χ4n) is 4.78. The van der Waals surface area contributed by atoms with Crippen molar-refractivity contribution in [1.29, 1.82) is 0 Å². The van der Waals surface area contributed by atoms with Gasteiger partial charge in [0.25, 0.3) is 11.8 Å². The molecule has 0 spiro atoms. The molecule has 2 atom stereocenters. The lowest BCUT2D eigenvalue weighted by molar-refractivity contribution is 0.0663. The number of para-hydroxylation sites is 1. The van der Waals surface area contributed by atoms with Gasteiger partial charge >= 0.3 is 0 Å². The van der Waals surface area contributed by atoms with E-state index in [1.807, 2.05) is 55.1 Å². The normalized spacial score (nSPS) is 18.1. The summed E-state index contributed by atoms with van der Waals surface area (Å²) in [5.41, 5.74) is 2.70. The maximum absolute atomic E-state index is 13.5. The van der Waals surface area contributed by atoms with E-state index in [1.54, 1.807) is 24.3 Å². The molecule has 37 heavy (non-hydrogen) atoms. The molecule has 0 saturated carbocycles. The molecule has 1 saturated heterocycles. The standard InChI is InChI=1S/C28H27Cl2N5O2/c1-17(25-32-23-12-10-19(29)16-24(23)33-25)31-26(36)18-9-11-21(22(30)15-18)27(37)35-14-6-13-28(35,2)34-20-7-4-3-5-8-20/h3-5,7-12,15-17,34H,6,13-14H2,1-2H3,(H,31,36)(H,32,33)/t17-,28+/m0/s1. The van der Waals surface area contributed by atoms with Crippen molar-refractivity contribution >= 4 is 51.7 Å². The number of halogens is 2. The average Bonchev–Trinajstić information content (AvgIpc) is 3.47. The molecule has 190 valence electrons. The number of anilines is 1. The smallest absolute Gasteiger partial charge is 0.257 e. The van der Waals surface area contributed by atoms with Crippen molar-refractivity contribution in [2.24, 2.45) is 0 Å². The van der Waals surface area contributed by atoms with Crippen LogP contribution in [0.25, 0.3) is 11.0 Å². The maximum atomic E-state index is 13.5. The fraction of sp³-hybridized carbons (Fsp3) is 0.250. The van der Waals surface area contributed by atoms with Gasteiger partial charge < -0.3 is 20.5 Å². The van der Waals surface area contributed by atoms with Crippen LogP contribution in [0.5, 0.6) is 0 Å². The first-order valence-corrected chi connectivity index (χ1v) is 12.9. The second kappa shape index (κ2) is 10.1. The molecule has 0 bridgehead atoms. The quantitative estimate of drug-likeness (QED) is 0.265. The lowest BCUT2D eigenvalue weighted by Gasteiger charge is -2.37. The first kappa shape index (κ1) is 25.1. The first-order valence-electron chi connectivity index (χ1n) is 12.1. The van der Waals surface area contributed by atoms with Gasteiger partial charge in [-0.2, -0.15) is 0 Å². The number of amides is 2. The number of hydrogen-bond donors (Lipinski definition) is 3. The van der Waals surface area contributed by atoms with Crippen molar-refractivity contribution < 1.29 is 9.59 Å². The van der Waals surface area contributed by atoms with E-state index < -0.39 is 5.66 Å². The minimum atomic E-state index is -0.538. The van der Waals surface area contributed by atoms with Crippen LogP contribution in [-0.4, -0.2) is 38.9 Å². The Kier molecular flexibility index (Phi) is 6.84. The van der Waals surface area contributed by atoms with Gasteiger partial charge in [-0.15, -0.1) is 0 Å². The third-order valence-electron chi connectivity index (χ3n) is 6.76. The number of nitrogens with one attached hydrogen (secondary N) is 3. The Balaban J connectivity index is 1.30. The highest BCUT2D eigenvalue weighted by Gasteiger charge is 2.40. The number of fused-ring (bicyclic) bond motifs is 1. The zero-order valence-corrected chi connectivity index (χ0v) is 22.0. The fourth-order valence-corrected chi connectivity index (χ4v) is 5.21. The number of carbonyl (C=O) groups excluding carboxylic acids is 2. The molecule has 2 heterocycles. The minimum absolute atomic E-state index is 0.172. The molecule has 2 amide bonds. The molecule has 3 aromatic carbocycles. The van der Waals surface area contributed by atoms with Crippen molar-refractivity contribution in [3.63, 3.8) is 0 Å². The Morgan fingerprint density at radius 2 is 1.86 bits per heavy atom. The average molecular weight is 536 g/mol. The molecule has 7 nitrogen and oxygen atoms in total. The number of benzene rings is 3. The monoisotopic (exact) mass is 535 g/mol. The van der Waals surface area contributed by atoms with Gasteiger partial charge in [-0.1, -0.05) is 41.4 Å². The summed E-state index contributed by atoms with van der Waals surface area (Å²) in [6.07, 6.45) is 1.70. The number of likely N-dealkylation sites (tertiary alicyclic amines) is 1. The second-order valence-corrected chi connectivity index (χ2v) is 10.3. The predicted octanol–water partition coefficient (Wildman–Crippen LogP) is 6.43. The van der Waals surface area contributed by atoms with Crippen molar-refractivity contribution in [2.75, 3.05) is 11.9 Å². The Labute approximate surface area is 225 Å². The summed E-state index contributed by atoms with van der Waals surface area (Å²) in [4.78, 5) is 36.0. The molecule has 1 fully saturated rings. The number of H-pyrrole nitrogens is 1. The highest BCUT2D eigenvalue weighted by atomic mass is 35.5. The predicted molar refractivity (Wildman–Crippen MR) is 147 cm³/mol. The van der Waals surface area contributed by atoms with Gasteiger partial charge in [0.05, 0.1) is 27.7 Å². The number of imidazole rings is 1. The molecule has 0 aliphatic carbocycles. The molecule has 9 heteroatoms. The number of aromatic amines is 1. The van der Waals surface area contributed by atoms with Gasteiger partial charge in [0.15, 0.2) is 0 Å². The van der Waals surface area contributed by atoms with Crippen molar-refractivity contribution in [2.45, 2.75) is 38.4 Å². The number of nitrogens with zero attached hydrogens (tertiary/aromatic N) is 2. The van der Waals surface area contributed by atoms with E-state index >= 15 is 0 Å². The number of hydrogen-bond acceptors (Lipinski definition) is 4. The van der Waals surface area contributed by atoms with Gasteiger partial charge in [-0.3, -0.25) is 9.59 Å². The Morgan fingerprint density at radius 1 is 1.08 bits per heavy atom. The highest BCUT2D eigenvalue weighted by Crippen LogP contribution is 2.33. The summed E-state index contributed by atoms with van der Waals surface area (Å²) < 4.78 is 0. The van der Waals surface area contributed by atoms with Crippen molar-refractivity contribution in [3.05, 3.63) is 93.7 Å². The molecule has 1 aromatic heterocycles. The van der Waals surface area contributed by atoms with E-state index in [1.165, 1.54) is 6.07 Å². The summed E-state index contributed by atoms with van der Waals surface area (Å²) in [6, 6.07) is 19.6. The zero-order valence-electron chi connectivity index (χ0n) is 20.5. The Morgan fingerprint density at radius 3 is 2.62 bits per heavy atom. The van der Waals surface area contributed by atoms with Crippen LogP contribution in [0.15, 0.2) is 66.7 Å². The van der Waals surface area contributed by atoms with Crippen LogP contribution in [0.2, 0.25) is 10.0 Å². The molecule has 0 unspecified atom stereocenters. The molecular formula is C28H27Cl2N5O2. The summed E-state index contributed by atoms with van der Waals surface area (Å²) in [5, 5.41) is 7.27. The van der Waals surface area contributed by atoms with Crippen molar-refractivity contribution in [1.82, 2.24) is 20.2 Å². The topological polar surface area (TPSA) is 90.1 Å². The SMILES string of the molecule is C[C@H](NC(=O)c1ccc(C(=O)N2CCC[C@]2(C)Nc2ccccc2)c(Cl)c1)c1nc2ccc(Cl)cc2[nH]1. The summed E-state index contributed by atoms with van der Waals surface area (Å²) in [5.74, 6) is 0.126. The van der Waals surface area contributed by atoms with E-state index in [-0.39, 0.29) is 22.9 Å². The van der Waals surface area contributed by atoms with Crippen LogP contribution in [-0.2, 0) is 0 Å². The van der Waals surface area contributed by atoms with Gasteiger partial charge in [0.2, 0.25) is 0 Å². The lowest BCUT2D eigenvalue weighted by Crippen LogP contribution is -2.50. The molecular weight excluding hydrogens is 509 g/mol. The van der Waals surface area contributed by atoms with E-state index in [4.69, 9.17) is 23.2 Å². The van der Waals surface area contributed by atoms with Crippen LogP contribution < -0.4 is 10.6 Å². The third kappa shape index (κ3) is 5.15. The Hall–Kier alpha value is -3.55. The summed E-state index contributed by atoms with van der Waals surface area (Å²) in [7, 11) is 0. The van der Waals surface area contributed by atoms with Gasteiger partial charge in [-0.05, 0) is 75.2 Å². The van der Waals surface area contributed by atoms with Gasteiger partial charge in [0, 0.05) is 22.8 Å². The van der Waals surface area contributed by atoms with Gasteiger partial charge in [0.1, 0.15) is 11.5 Å². The molecule has 1 aliphatic rings. The molecule has 4 aromatic rings. The number of rotatable bonds is 6. The summed E-state index contributed by atoms with van der Waals surface area (Å²) in [6.45, 7) is 4.48. The lowest BCUT2D eigenvalue weighted by atomic mass is 10.1. The zero-order chi connectivity index (χ0) is 26.2. The van der Waals surface area contributed by atoms with Gasteiger partial charge in [-0.25, -0.2) is 4.98 Å².